The van der Waals surface area contributed by atoms with Crippen LogP contribution in [0.3, 0.4) is 0 Å². The third-order valence-corrected chi connectivity index (χ3v) is 6.80. The number of benzene rings is 1. The van der Waals surface area contributed by atoms with Gasteiger partial charge in [-0.15, -0.1) is 0 Å². The minimum absolute atomic E-state index is 0.0950. The summed E-state index contributed by atoms with van der Waals surface area (Å²) in [5.41, 5.74) is 0.0108. The minimum Gasteiger partial charge on any atom is -0.435 e. The van der Waals surface area contributed by atoms with Crippen LogP contribution in [0.4, 0.5) is 24.8 Å². The predicted molar refractivity (Wildman–Crippen MR) is 120 cm³/mol. The van der Waals surface area contributed by atoms with Gasteiger partial charge in [0.25, 0.3) is 0 Å². The van der Waals surface area contributed by atoms with E-state index in [0.717, 1.165) is 19.3 Å². The van der Waals surface area contributed by atoms with Crippen molar-refractivity contribution in [2.24, 2.45) is 0 Å². The highest BCUT2D eigenvalue weighted by Crippen LogP contribution is 2.36. The average Bonchev–Trinajstić information content (AvgIpc) is 2.85. The Labute approximate surface area is 191 Å². The van der Waals surface area contributed by atoms with E-state index in [9.17, 15) is 17.4 Å². The van der Waals surface area contributed by atoms with Crippen molar-refractivity contribution in [3.63, 3.8) is 0 Å². The maximum absolute atomic E-state index is 14.8. The molecular formula is C22H22F3N5O2S. The molecule has 2 aromatic heterocycles. The van der Waals surface area contributed by atoms with Gasteiger partial charge in [0.2, 0.25) is 17.6 Å². The van der Waals surface area contributed by atoms with Gasteiger partial charge in [0, 0.05) is 25.5 Å². The van der Waals surface area contributed by atoms with E-state index in [0.29, 0.717) is 36.1 Å². The molecule has 0 radical (unpaired) electrons. The van der Waals surface area contributed by atoms with E-state index in [1.807, 2.05) is 0 Å². The first-order valence-corrected chi connectivity index (χ1v) is 11.7. The molecule has 1 atom stereocenters. The Balaban J connectivity index is 1.62. The van der Waals surface area contributed by atoms with Crippen LogP contribution in [-0.4, -0.2) is 31.5 Å². The van der Waals surface area contributed by atoms with Crippen LogP contribution in [0.1, 0.15) is 32.1 Å². The topological polar surface area (TPSA) is 89.0 Å². The van der Waals surface area contributed by atoms with Crippen molar-refractivity contribution >= 4 is 22.6 Å². The van der Waals surface area contributed by atoms with Crippen molar-refractivity contribution in [1.82, 2.24) is 15.0 Å². The molecule has 33 heavy (non-hydrogen) atoms. The molecular weight excluding hydrogens is 455 g/mol. The van der Waals surface area contributed by atoms with Crippen molar-refractivity contribution in [1.29, 1.82) is 0 Å². The molecule has 0 spiro atoms. The largest absolute Gasteiger partial charge is 0.435 e. The molecule has 0 saturated heterocycles. The molecule has 1 aromatic carbocycles. The van der Waals surface area contributed by atoms with Gasteiger partial charge >= 0.3 is 0 Å². The summed E-state index contributed by atoms with van der Waals surface area (Å²) in [6, 6.07) is 5.54. The van der Waals surface area contributed by atoms with Gasteiger partial charge in [0.15, 0.2) is 17.4 Å². The number of hydrogen-bond donors (Lipinski definition) is 2. The number of aromatic nitrogens is 3. The number of nitrogens with zero attached hydrogens (tertiary/aromatic N) is 3. The first kappa shape index (κ1) is 23.0. The van der Waals surface area contributed by atoms with Gasteiger partial charge in [-0.25, -0.2) is 27.9 Å². The Hall–Kier alpha value is -3.21. The molecule has 0 aliphatic heterocycles. The predicted octanol–water partition coefficient (Wildman–Crippen LogP) is 5.20. The maximum Gasteiger partial charge on any atom is 0.228 e. The number of rotatable bonds is 7. The van der Waals surface area contributed by atoms with Crippen LogP contribution in [0.25, 0.3) is 11.3 Å². The molecule has 3 aromatic rings. The monoisotopic (exact) mass is 477 g/mol. The Kier molecular flexibility index (Phi) is 7.07. The molecule has 1 aliphatic rings. The molecule has 1 fully saturated rings. The third-order valence-electron chi connectivity index (χ3n) is 5.32. The molecule has 7 nitrogen and oxygen atoms in total. The van der Waals surface area contributed by atoms with Crippen molar-refractivity contribution in [2.45, 2.75) is 37.4 Å². The van der Waals surface area contributed by atoms with E-state index in [2.05, 4.69) is 25.0 Å². The fourth-order valence-electron chi connectivity index (χ4n) is 3.60. The molecule has 1 unspecified atom stereocenters. The van der Waals surface area contributed by atoms with Crippen molar-refractivity contribution in [3.05, 3.63) is 54.1 Å². The maximum atomic E-state index is 14.8. The van der Waals surface area contributed by atoms with E-state index in [1.165, 1.54) is 12.4 Å². The molecule has 1 aliphatic carbocycles. The fraction of sp³-hybridized carbons (Fsp3) is 0.318. The lowest BCUT2D eigenvalue weighted by atomic mass is 10.0. The van der Waals surface area contributed by atoms with Crippen LogP contribution >= 0.6 is 0 Å². The molecule has 11 heteroatoms. The number of nitrogens with one attached hydrogen (secondary N) is 2. The highest BCUT2D eigenvalue weighted by molar-refractivity contribution is 7.87. The second-order valence-corrected chi connectivity index (χ2v) is 8.96. The first-order chi connectivity index (χ1) is 16.0. The third kappa shape index (κ3) is 5.08. The fourth-order valence-corrected chi connectivity index (χ4v) is 4.92. The second-order valence-electron chi connectivity index (χ2n) is 7.49. The summed E-state index contributed by atoms with van der Waals surface area (Å²) in [5, 5.41) is 2.57. The first-order valence-electron chi connectivity index (χ1n) is 10.5. The summed E-state index contributed by atoms with van der Waals surface area (Å²) in [4.78, 5) is 12.4. The number of hydrogen-bond acceptors (Lipinski definition) is 6. The normalized spacial score (nSPS) is 15.2. The lowest BCUT2D eigenvalue weighted by molar-refractivity contribution is 0.401. The SMILES string of the molecule is CNc1nccc(-c2cccnc2Oc2cc(F)c(NS(=O)C3CCCCC3)c(F)c2F)n1. The highest BCUT2D eigenvalue weighted by atomic mass is 32.2. The molecule has 0 bridgehead atoms. The van der Waals surface area contributed by atoms with Crippen LogP contribution in [0.2, 0.25) is 0 Å². The molecule has 1 saturated carbocycles. The zero-order valence-corrected chi connectivity index (χ0v) is 18.6. The van der Waals surface area contributed by atoms with E-state index >= 15 is 0 Å². The minimum atomic E-state index is -1.73. The quantitative estimate of drug-likeness (QED) is 0.455. The summed E-state index contributed by atoms with van der Waals surface area (Å²) in [5.74, 6) is -4.50. The zero-order valence-electron chi connectivity index (χ0n) is 17.8. The van der Waals surface area contributed by atoms with Gasteiger partial charge in [0.1, 0.15) is 16.7 Å². The molecule has 0 amide bonds. The van der Waals surface area contributed by atoms with E-state index in [4.69, 9.17) is 4.74 Å². The number of ether oxygens (including phenoxy) is 1. The Bertz CT molecular complexity index is 1170. The van der Waals surface area contributed by atoms with E-state index in [1.54, 1.807) is 25.2 Å². The zero-order chi connectivity index (χ0) is 23.4. The summed E-state index contributed by atoms with van der Waals surface area (Å²) < 4.78 is 64.5. The van der Waals surface area contributed by atoms with Gasteiger partial charge in [-0.1, -0.05) is 19.3 Å². The summed E-state index contributed by atoms with van der Waals surface area (Å²) in [6.45, 7) is 0. The van der Waals surface area contributed by atoms with Crippen molar-refractivity contribution < 1.29 is 22.1 Å². The van der Waals surface area contributed by atoms with Crippen molar-refractivity contribution in [3.8, 4) is 22.9 Å². The molecule has 174 valence electrons. The Morgan fingerprint density at radius 2 is 1.85 bits per heavy atom. The van der Waals surface area contributed by atoms with Crippen LogP contribution in [0, 0.1) is 17.5 Å². The van der Waals surface area contributed by atoms with Gasteiger partial charge < -0.3 is 10.1 Å². The smallest absolute Gasteiger partial charge is 0.228 e. The Morgan fingerprint density at radius 3 is 2.61 bits per heavy atom. The number of anilines is 2. The summed E-state index contributed by atoms with van der Waals surface area (Å²) >= 11 is 0. The summed E-state index contributed by atoms with van der Waals surface area (Å²) in [6.07, 6.45) is 7.13. The van der Waals surface area contributed by atoms with Gasteiger partial charge in [-0.3, -0.25) is 4.72 Å². The average molecular weight is 478 g/mol. The molecule has 2 N–H and O–H groups in total. The van der Waals surface area contributed by atoms with Gasteiger partial charge in [0.05, 0.1) is 16.5 Å². The van der Waals surface area contributed by atoms with Gasteiger partial charge in [-0.2, -0.15) is 4.39 Å². The summed E-state index contributed by atoms with van der Waals surface area (Å²) in [7, 11) is -0.0822. The van der Waals surface area contributed by atoms with Crippen LogP contribution in [-0.2, 0) is 11.0 Å². The molecule has 4 rings (SSSR count). The van der Waals surface area contributed by atoms with Crippen LogP contribution < -0.4 is 14.8 Å². The van der Waals surface area contributed by atoms with Crippen LogP contribution in [0.5, 0.6) is 11.6 Å². The lowest BCUT2D eigenvalue weighted by Crippen LogP contribution is -2.24. The van der Waals surface area contributed by atoms with E-state index < -0.39 is 39.9 Å². The van der Waals surface area contributed by atoms with Gasteiger partial charge in [-0.05, 0) is 31.0 Å². The molecule has 2 heterocycles. The van der Waals surface area contributed by atoms with Crippen LogP contribution in [0.15, 0.2) is 36.7 Å². The highest BCUT2D eigenvalue weighted by Gasteiger charge is 2.26. The lowest BCUT2D eigenvalue weighted by Gasteiger charge is -2.22. The standard InChI is InChI=1S/C22H22F3N5O2S/c1-26-22-28-11-9-16(29-22)14-8-5-10-27-21(14)32-17-12-15(23)20(19(25)18(17)24)30-33(31)13-6-3-2-4-7-13/h5,8-13,30H,2-4,6-7H2,1H3,(H,26,28,29). The number of pyridine rings is 1. The Morgan fingerprint density at radius 1 is 1.06 bits per heavy atom. The number of halogens is 3. The van der Waals surface area contributed by atoms with E-state index in [-0.39, 0.29) is 11.1 Å². The van der Waals surface area contributed by atoms with Crippen molar-refractivity contribution in [2.75, 3.05) is 17.1 Å². The second kappa shape index (κ2) is 10.2.